The predicted molar refractivity (Wildman–Crippen MR) is 79.0 cm³/mol. The summed E-state index contributed by atoms with van der Waals surface area (Å²) in [6, 6.07) is 14.8. The lowest BCUT2D eigenvalue weighted by Gasteiger charge is -2.01. The van der Waals surface area contributed by atoms with E-state index in [0.29, 0.717) is 10.6 Å². The maximum Gasteiger partial charge on any atom is 0.365 e. The third-order valence-electron chi connectivity index (χ3n) is 2.47. The Labute approximate surface area is 125 Å². The van der Waals surface area contributed by atoms with Crippen LogP contribution in [0, 0.1) is 0 Å². The van der Waals surface area contributed by atoms with Crippen LogP contribution in [0.4, 0.5) is 0 Å². The fraction of sp³-hybridized carbons (Fsp3) is 0. The topological polar surface area (TPSA) is 87.4 Å². The van der Waals surface area contributed by atoms with Crippen LogP contribution in [-0.4, -0.2) is 11.8 Å². The zero-order valence-corrected chi connectivity index (χ0v) is 11.4. The number of amidine groups is 1. The Morgan fingerprint density at radius 1 is 1.05 bits per heavy atom. The number of nitrogens with zero attached hydrogens (tertiary/aromatic N) is 4. The molecule has 0 heterocycles. The van der Waals surface area contributed by atoms with Gasteiger partial charge in [0.25, 0.3) is 0 Å². The molecule has 7 heteroatoms. The molecule has 0 saturated heterocycles. The molecule has 104 valence electrons. The van der Waals surface area contributed by atoms with E-state index in [1.807, 2.05) is 0 Å². The summed E-state index contributed by atoms with van der Waals surface area (Å²) in [5.74, 6) is -0.700. The summed E-state index contributed by atoms with van der Waals surface area (Å²) in [5, 5.41) is 7.51. The van der Waals surface area contributed by atoms with Crippen molar-refractivity contribution in [2.45, 2.75) is 0 Å². The molecule has 0 fully saturated rings. The highest BCUT2D eigenvalue weighted by Gasteiger charge is 2.08. The third kappa shape index (κ3) is 4.07. The van der Waals surface area contributed by atoms with Crippen molar-refractivity contribution in [1.82, 2.24) is 0 Å². The molecule has 0 amide bonds. The number of halogens is 1. The highest BCUT2D eigenvalue weighted by atomic mass is 35.5. The van der Waals surface area contributed by atoms with Crippen LogP contribution < -0.4 is 0 Å². The molecule has 2 aromatic rings. The highest BCUT2D eigenvalue weighted by Crippen LogP contribution is 2.11. The summed E-state index contributed by atoms with van der Waals surface area (Å²) in [6.45, 7) is 0. The average Bonchev–Trinajstić information content (AvgIpc) is 2.52. The molecule has 0 aliphatic rings. The summed E-state index contributed by atoms with van der Waals surface area (Å²) >= 11 is 5.73. The molecule has 0 aliphatic heterocycles. The van der Waals surface area contributed by atoms with E-state index in [1.54, 1.807) is 42.5 Å². The van der Waals surface area contributed by atoms with E-state index in [1.165, 1.54) is 12.1 Å². The molecule has 2 rings (SSSR count). The monoisotopic (exact) mass is 300 g/mol. The van der Waals surface area contributed by atoms with Gasteiger partial charge in [-0.1, -0.05) is 47.1 Å². The van der Waals surface area contributed by atoms with E-state index in [0.717, 1.165) is 0 Å². The SMILES string of the molecule is [N-]=[N+]=N/C(=N\OC(=O)c1ccc(Cl)cc1)c1ccccc1. The van der Waals surface area contributed by atoms with Gasteiger partial charge in [0.1, 0.15) is 0 Å². The Morgan fingerprint density at radius 2 is 1.71 bits per heavy atom. The Balaban J connectivity index is 2.18. The Bertz CT molecular complexity index is 708. The van der Waals surface area contributed by atoms with Crippen molar-refractivity contribution >= 4 is 23.4 Å². The van der Waals surface area contributed by atoms with Crippen LogP contribution in [0.15, 0.2) is 64.9 Å². The lowest BCUT2D eigenvalue weighted by Crippen LogP contribution is -2.04. The van der Waals surface area contributed by atoms with Crippen molar-refractivity contribution in [1.29, 1.82) is 0 Å². The summed E-state index contributed by atoms with van der Waals surface area (Å²) in [6.07, 6.45) is 0. The molecule has 0 bridgehead atoms. The molecule has 0 radical (unpaired) electrons. The fourth-order valence-electron chi connectivity index (χ4n) is 1.48. The summed E-state index contributed by atoms with van der Waals surface area (Å²) in [4.78, 5) is 19.2. The molecule has 0 spiro atoms. The van der Waals surface area contributed by atoms with Gasteiger partial charge < -0.3 is 4.84 Å². The summed E-state index contributed by atoms with van der Waals surface area (Å²) in [5.41, 5.74) is 9.36. The number of carbonyl (C=O) groups is 1. The second-order valence-corrected chi connectivity index (χ2v) is 4.29. The third-order valence-corrected chi connectivity index (χ3v) is 2.72. The van der Waals surface area contributed by atoms with Crippen LogP contribution in [0.5, 0.6) is 0 Å². The van der Waals surface area contributed by atoms with Gasteiger partial charge in [-0.15, -0.1) is 0 Å². The number of azide groups is 1. The molecule has 0 aromatic heterocycles. The van der Waals surface area contributed by atoms with Crippen molar-refractivity contribution in [2.75, 3.05) is 0 Å². The zero-order valence-electron chi connectivity index (χ0n) is 10.7. The molecule has 0 aliphatic carbocycles. The quantitative estimate of drug-likeness (QED) is 0.162. The minimum atomic E-state index is -0.673. The Kier molecular flexibility index (Phi) is 4.93. The van der Waals surface area contributed by atoms with Crippen molar-refractivity contribution in [3.8, 4) is 0 Å². The maximum atomic E-state index is 11.8. The van der Waals surface area contributed by atoms with Crippen LogP contribution in [0.2, 0.25) is 5.02 Å². The molecule has 2 aromatic carbocycles. The second-order valence-electron chi connectivity index (χ2n) is 3.86. The van der Waals surface area contributed by atoms with Crippen molar-refractivity contribution < 1.29 is 9.63 Å². The van der Waals surface area contributed by atoms with Crippen LogP contribution in [-0.2, 0) is 4.84 Å². The van der Waals surface area contributed by atoms with Crippen LogP contribution in [0.3, 0.4) is 0 Å². The molecule has 21 heavy (non-hydrogen) atoms. The van der Waals surface area contributed by atoms with Gasteiger partial charge in [-0.25, -0.2) is 4.79 Å². The zero-order chi connectivity index (χ0) is 15.1. The average molecular weight is 301 g/mol. The molecule has 6 nitrogen and oxygen atoms in total. The summed E-state index contributed by atoms with van der Waals surface area (Å²) in [7, 11) is 0. The van der Waals surface area contributed by atoms with Gasteiger partial charge in [0.2, 0.25) is 0 Å². The van der Waals surface area contributed by atoms with Gasteiger partial charge in [-0.2, -0.15) is 0 Å². The first kappa shape index (κ1) is 14.6. The second kappa shape index (κ2) is 7.09. The Morgan fingerprint density at radius 3 is 2.33 bits per heavy atom. The van der Waals surface area contributed by atoms with Crippen molar-refractivity contribution in [2.24, 2.45) is 10.3 Å². The predicted octanol–water partition coefficient (Wildman–Crippen LogP) is 4.17. The minimum absolute atomic E-state index is 0.0274. The number of carbonyl (C=O) groups excluding carboxylic acids is 1. The smallest absolute Gasteiger partial charge is 0.312 e. The first-order valence-electron chi connectivity index (χ1n) is 5.86. The van der Waals surface area contributed by atoms with Gasteiger partial charge in [0, 0.05) is 15.5 Å². The van der Waals surface area contributed by atoms with E-state index < -0.39 is 5.97 Å². The standard InChI is InChI=1S/C14H9ClN4O2/c15-12-8-6-11(7-9-12)14(20)21-18-13(17-19-16)10-4-2-1-3-5-10/h1-9H/b18-13-. The van der Waals surface area contributed by atoms with Crippen molar-refractivity contribution in [3.63, 3.8) is 0 Å². The van der Waals surface area contributed by atoms with Gasteiger partial charge in [-0.05, 0) is 34.9 Å². The number of hydrogen-bond acceptors (Lipinski definition) is 3. The van der Waals surface area contributed by atoms with Gasteiger partial charge >= 0.3 is 5.97 Å². The summed E-state index contributed by atoms with van der Waals surface area (Å²) < 4.78 is 0. The van der Waals surface area contributed by atoms with Crippen LogP contribution in [0.25, 0.3) is 10.4 Å². The minimum Gasteiger partial charge on any atom is -0.312 e. The number of hydrogen-bond donors (Lipinski definition) is 0. The van der Waals surface area contributed by atoms with E-state index in [-0.39, 0.29) is 11.4 Å². The van der Waals surface area contributed by atoms with Crippen LogP contribution in [0.1, 0.15) is 15.9 Å². The highest BCUT2D eigenvalue weighted by molar-refractivity contribution is 6.30. The maximum absolute atomic E-state index is 11.8. The molecule has 0 unspecified atom stereocenters. The van der Waals surface area contributed by atoms with E-state index >= 15 is 0 Å². The van der Waals surface area contributed by atoms with Crippen LogP contribution >= 0.6 is 11.6 Å². The van der Waals surface area contributed by atoms with Gasteiger partial charge in [0.05, 0.1) is 5.56 Å². The fourth-order valence-corrected chi connectivity index (χ4v) is 1.61. The molecule has 0 N–H and O–H groups in total. The first-order chi connectivity index (χ1) is 10.2. The lowest BCUT2D eigenvalue weighted by atomic mass is 10.2. The van der Waals surface area contributed by atoms with E-state index in [2.05, 4.69) is 15.2 Å². The van der Waals surface area contributed by atoms with Crippen molar-refractivity contribution in [3.05, 3.63) is 81.2 Å². The van der Waals surface area contributed by atoms with E-state index in [9.17, 15) is 4.79 Å². The molecular weight excluding hydrogens is 292 g/mol. The largest absolute Gasteiger partial charge is 0.365 e. The number of oxime groups is 1. The molecule has 0 atom stereocenters. The first-order valence-corrected chi connectivity index (χ1v) is 6.24. The normalized spacial score (nSPS) is 10.6. The Hall–Kier alpha value is -2.82. The number of benzene rings is 2. The molecule has 0 saturated carbocycles. The lowest BCUT2D eigenvalue weighted by molar-refractivity contribution is 0.0516. The van der Waals surface area contributed by atoms with Gasteiger partial charge in [-0.3, -0.25) is 0 Å². The van der Waals surface area contributed by atoms with Gasteiger partial charge in [0.15, 0.2) is 5.84 Å². The van der Waals surface area contributed by atoms with E-state index in [4.69, 9.17) is 22.0 Å². The number of rotatable bonds is 3. The molecular formula is C14H9ClN4O2.